The minimum atomic E-state index is -0.601. The molecule has 0 saturated carbocycles. The molecule has 10 heteroatoms. The van der Waals surface area contributed by atoms with E-state index in [1.807, 2.05) is 4.90 Å². The van der Waals surface area contributed by atoms with Crippen molar-refractivity contribution in [1.29, 1.82) is 5.26 Å². The first-order valence-electron chi connectivity index (χ1n) is 9.74. The van der Waals surface area contributed by atoms with Crippen molar-refractivity contribution in [3.63, 3.8) is 0 Å². The van der Waals surface area contributed by atoms with Gasteiger partial charge in [0.05, 0.1) is 18.2 Å². The van der Waals surface area contributed by atoms with Gasteiger partial charge in [0, 0.05) is 43.9 Å². The molecule has 2 aromatic rings. The Bertz CT molecular complexity index is 998. The molecule has 1 atom stereocenters. The van der Waals surface area contributed by atoms with Gasteiger partial charge >= 0.3 is 0 Å². The van der Waals surface area contributed by atoms with Crippen LogP contribution in [0.5, 0.6) is 0 Å². The number of rotatable bonds is 4. The van der Waals surface area contributed by atoms with E-state index < -0.39 is 5.91 Å². The number of amides is 2. The van der Waals surface area contributed by atoms with Crippen molar-refractivity contribution in [3.8, 4) is 6.07 Å². The van der Waals surface area contributed by atoms with Gasteiger partial charge in [-0.1, -0.05) is 0 Å². The van der Waals surface area contributed by atoms with Gasteiger partial charge in [-0.05, 0) is 24.5 Å². The number of primary amides is 1. The molecular weight excluding hydrogens is 386 g/mol. The van der Waals surface area contributed by atoms with Gasteiger partial charge in [-0.3, -0.25) is 19.4 Å². The largest absolute Gasteiger partial charge is 0.364 e. The van der Waals surface area contributed by atoms with E-state index in [-0.39, 0.29) is 23.6 Å². The Labute approximate surface area is 173 Å². The molecule has 154 valence electrons. The van der Waals surface area contributed by atoms with Crippen molar-refractivity contribution < 1.29 is 14.4 Å². The third-order valence-electron chi connectivity index (χ3n) is 5.47. The molecular formula is C20H21N7O3. The van der Waals surface area contributed by atoms with Crippen molar-refractivity contribution in [2.45, 2.75) is 25.3 Å². The van der Waals surface area contributed by atoms with E-state index in [0.717, 1.165) is 5.56 Å². The van der Waals surface area contributed by atoms with Gasteiger partial charge in [0.15, 0.2) is 0 Å². The molecule has 2 aromatic heterocycles. The van der Waals surface area contributed by atoms with E-state index >= 15 is 0 Å². The van der Waals surface area contributed by atoms with Gasteiger partial charge in [-0.2, -0.15) is 5.26 Å². The smallest absolute Gasteiger partial charge is 0.267 e. The van der Waals surface area contributed by atoms with Crippen LogP contribution in [0, 0.1) is 17.2 Å². The number of anilines is 1. The molecule has 2 saturated heterocycles. The highest BCUT2D eigenvalue weighted by Gasteiger charge is 2.37. The number of nitrogens with zero attached hydrogens (tertiary/aromatic N) is 6. The number of nitriles is 1. The number of hydrogen-bond acceptors (Lipinski definition) is 8. The third kappa shape index (κ3) is 3.92. The van der Waals surface area contributed by atoms with E-state index in [0.29, 0.717) is 50.3 Å². The summed E-state index contributed by atoms with van der Waals surface area (Å²) in [4.78, 5) is 44.3. The van der Waals surface area contributed by atoms with E-state index in [1.54, 1.807) is 18.3 Å². The van der Waals surface area contributed by atoms with Gasteiger partial charge in [-0.15, -0.1) is 0 Å². The molecule has 4 heterocycles. The second-order valence-corrected chi connectivity index (χ2v) is 7.31. The van der Waals surface area contributed by atoms with E-state index in [2.05, 4.69) is 21.0 Å². The molecule has 0 spiro atoms. The zero-order valence-corrected chi connectivity index (χ0v) is 16.3. The lowest BCUT2D eigenvalue weighted by atomic mass is 9.94. The molecule has 0 unspecified atom stereocenters. The monoisotopic (exact) mass is 407 g/mol. The molecule has 0 radical (unpaired) electrons. The number of carbonyl (C=O) groups is 2. The molecule has 10 nitrogen and oxygen atoms in total. The van der Waals surface area contributed by atoms with Gasteiger partial charge in [0.2, 0.25) is 5.91 Å². The SMILES string of the molecule is N#Cc1cncc([C@@H]2CCON2C(=O)C2CCN(c3cc(C(N)=O)ncn3)CC2)c1. The van der Waals surface area contributed by atoms with Crippen molar-refractivity contribution in [2.75, 3.05) is 24.6 Å². The Kier molecular flexibility index (Phi) is 5.54. The number of pyridine rings is 1. The molecule has 2 fully saturated rings. The first-order valence-corrected chi connectivity index (χ1v) is 9.74. The molecule has 2 N–H and O–H groups in total. The Morgan fingerprint density at radius 3 is 2.70 bits per heavy atom. The van der Waals surface area contributed by atoms with E-state index in [4.69, 9.17) is 15.8 Å². The van der Waals surface area contributed by atoms with Crippen LogP contribution in [-0.4, -0.2) is 51.5 Å². The van der Waals surface area contributed by atoms with Crippen LogP contribution in [0.3, 0.4) is 0 Å². The van der Waals surface area contributed by atoms with Crippen LogP contribution >= 0.6 is 0 Å². The lowest BCUT2D eigenvalue weighted by Crippen LogP contribution is -2.42. The van der Waals surface area contributed by atoms with Crippen LogP contribution in [0.15, 0.2) is 30.9 Å². The minimum Gasteiger partial charge on any atom is -0.364 e. The van der Waals surface area contributed by atoms with E-state index in [9.17, 15) is 9.59 Å². The molecule has 4 rings (SSSR count). The van der Waals surface area contributed by atoms with Crippen LogP contribution in [0.4, 0.5) is 5.82 Å². The van der Waals surface area contributed by atoms with Gasteiger partial charge in [0.1, 0.15) is 23.9 Å². The number of hydroxylamine groups is 2. The second kappa shape index (κ2) is 8.42. The standard InChI is InChI=1S/C20H21N7O3/c21-9-13-7-15(11-23-10-13)17-3-6-30-27(17)20(29)14-1-4-26(5-2-14)18-8-16(19(22)28)24-12-25-18/h7-8,10-12,14,17H,1-6H2,(H2,22,28)/t17-/m0/s1. The van der Waals surface area contributed by atoms with Crippen LogP contribution in [-0.2, 0) is 9.63 Å². The first-order chi connectivity index (χ1) is 14.6. The predicted molar refractivity (Wildman–Crippen MR) is 105 cm³/mol. The average molecular weight is 407 g/mol. The Morgan fingerprint density at radius 2 is 1.97 bits per heavy atom. The third-order valence-corrected chi connectivity index (χ3v) is 5.47. The lowest BCUT2D eigenvalue weighted by molar-refractivity contribution is -0.182. The lowest BCUT2D eigenvalue weighted by Gasteiger charge is -2.34. The number of carbonyl (C=O) groups excluding carboxylic acids is 2. The summed E-state index contributed by atoms with van der Waals surface area (Å²) < 4.78 is 0. The zero-order chi connectivity index (χ0) is 21.1. The van der Waals surface area contributed by atoms with Crippen molar-refractivity contribution in [3.05, 3.63) is 47.7 Å². The molecule has 0 aromatic carbocycles. The van der Waals surface area contributed by atoms with Gasteiger partial charge in [0.25, 0.3) is 5.91 Å². The fraction of sp³-hybridized carbons (Fsp3) is 0.400. The highest BCUT2D eigenvalue weighted by molar-refractivity contribution is 5.91. The molecule has 2 aliphatic heterocycles. The maximum Gasteiger partial charge on any atom is 0.267 e. The Balaban J connectivity index is 1.42. The zero-order valence-electron chi connectivity index (χ0n) is 16.3. The van der Waals surface area contributed by atoms with Crippen molar-refractivity contribution in [2.24, 2.45) is 11.7 Å². The Hall–Kier alpha value is -3.58. The minimum absolute atomic E-state index is 0.0555. The fourth-order valence-corrected chi connectivity index (χ4v) is 3.88. The second-order valence-electron chi connectivity index (χ2n) is 7.31. The van der Waals surface area contributed by atoms with Crippen LogP contribution in [0.25, 0.3) is 0 Å². The summed E-state index contributed by atoms with van der Waals surface area (Å²) in [6.45, 7) is 1.69. The summed E-state index contributed by atoms with van der Waals surface area (Å²) in [6.07, 6.45) is 6.43. The van der Waals surface area contributed by atoms with Crippen LogP contribution in [0.1, 0.15) is 46.9 Å². The summed E-state index contributed by atoms with van der Waals surface area (Å²) in [6, 6.07) is 5.16. The summed E-state index contributed by atoms with van der Waals surface area (Å²) >= 11 is 0. The summed E-state index contributed by atoms with van der Waals surface area (Å²) in [5.74, 6) is -0.207. The van der Waals surface area contributed by atoms with Crippen LogP contribution in [0.2, 0.25) is 0 Å². The fourth-order valence-electron chi connectivity index (χ4n) is 3.88. The summed E-state index contributed by atoms with van der Waals surface area (Å²) in [7, 11) is 0. The molecule has 0 aliphatic carbocycles. The number of aromatic nitrogens is 3. The average Bonchev–Trinajstić information content (AvgIpc) is 3.29. The molecule has 2 amide bonds. The molecule has 2 aliphatic rings. The summed E-state index contributed by atoms with van der Waals surface area (Å²) in [5, 5.41) is 10.6. The first kappa shape index (κ1) is 19.7. The van der Waals surface area contributed by atoms with Crippen molar-refractivity contribution in [1.82, 2.24) is 20.0 Å². The predicted octanol–water partition coefficient (Wildman–Crippen LogP) is 0.964. The maximum absolute atomic E-state index is 13.1. The maximum atomic E-state index is 13.1. The Morgan fingerprint density at radius 1 is 1.17 bits per heavy atom. The van der Waals surface area contributed by atoms with E-state index in [1.165, 1.54) is 17.6 Å². The van der Waals surface area contributed by atoms with Crippen LogP contribution < -0.4 is 10.6 Å². The highest BCUT2D eigenvalue weighted by Crippen LogP contribution is 2.33. The normalized spacial score (nSPS) is 19.5. The molecule has 0 bridgehead atoms. The van der Waals surface area contributed by atoms with Gasteiger partial charge in [-0.25, -0.2) is 15.0 Å². The van der Waals surface area contributed by atoms with Gasteiger partial charge < -0.3 is 10.6 Å². The number of hydrogen-bond donors (Lipinski definition) is 1. The topological polar surface area (TPSA) is 138 Å². The summed E-state index contributed by atoms with van der Waals surface area (Å²) in [5.41, 5.74) is 6.72. The number of nitrogens with two attached hydrogens (primary N) is 1. The highest BCUT2D eigenvalue weighted by atomic mass is 16.7. The number of piperidine rings is 1. The quantitative estimate of drug-likeness (QED) is 0.791. The van der Waals surface area contributed by atoms with Crippen molar-refractivity contribution >= 4 is 17.6 Å². The molecule has 30 heavy (non-hydrogen) atoms.